The lowest BCUT2D eigenvalue weighted by Gasteiger charge is -2.05. The first-order valence-electron chi connectivity index (χ1n) is 7.63. The Morgan fingerprint density at radius 1 is 1.24 bits per heavy atom. The maximum Gasteiger partial charge on any atom is 0.236 e. The van der Waals surface area contributed by atoms with Crippen molar-refractivity contribution in [2.45, 2.75) is 12.7 Å². The van der Waals surface area contributed by atoms with E-state index < -0.39 is 0 Å². The zero-order chi connectivity index (χ0) is 17.6. The van der Waals surface area contributed by atoms with Gasteiger partial charge in [-0.3, -0.25) is 4.79 Å². The second-order valence-corrected chi connectivity index (χ2v) is 6.85. The Hall–Kier alpha value is -2.31. The zero-order valence-corrected chi connectivity index (χ0v) is 15.1. The highest BCUT2D eigenvalue weighted by atomic mass is 35.5. The summed E-state index contributed by atoms with van der Waals surface area (Å²) in [5.41, 5.74) is 2.70. The molecule has 3 rings (SSSR count). The summed E-state index contributed by atoms with van der Waals surface area (Å²) < 4.78 is 5.22. The quantitative estimate of drug-likeness (QED) is 0.685. The Kier molecular flexibility index (Phi) is 5.73. The van der Waals surface area contributed by atoms with Crippen molar-refractivity contribution in [2.24, 2.45) is 0 Å². The molecule has 128 valence electrons. The Bertz CT molecular complexity index is 882. The molecule has 1 amide bonds. The second-order valence-electron chi connectivity index (χ2n) is 5.43. The van der Waals surface area contributed by atoms with Gasteiger partial charge in [0.2, 0.25) is 17.6 Å². The molecule has 7 heteroatoms. The Morgan fingerprint density at radius 2 is 2.08 bits per heavy atom. The van der Waals surface area contributed by atoms with Crippen molar-refractivity contribution < 1.29 is 9.32 Å². The fraction of sp³-hybridized carbons (Fsp3) is 0.167. The molecule has 2 aromatic carbocycles. The Labute approximate surface area is 154 Å². The predicted molar refractivity (Wildman–Crippen MR) is 101 cm³/mol. The van der Waals surface area contributed by atoms with Gasteiger partial charge in [-0.25, -0.2) is 0 Å². The van der Waals surface area contributed by atoms with Gasteiger partial charge in [-0.2, -0.15) is 4.98 Å². The molecule has 0 aliphatic rings. The molecule has 0 unspecified atom stereocenters. The number of aryl methyl sites for hydroxylation is 1. The fourth-order valence-electron chi connectivity index (χ4n) is 2.21. The highest BCUT2D eigenvalue weighted by Gasteiger charge is 2.10. The van der Waals surface area contributed by atoms with Gasteiger partial charge >= 0.3 is 0 Å². The predicted octanol–water partition coefficient (Wildman–Crippen LogP) is 4.57. The summed E-state index contributed by atoms with van der Waals surface area (Å²) in [6.07, 6.45) is 0. The van der Waals surface area contributed by atoms with Crippen LogP contribution < -0.4 is 5.32 Å². The van der Waals surface area contributed by atoms with E-state index in [-0.39, 0.29) is 5.91 Å². The van der Waals surface area contributed by atoms with E-state index >= 15 is 0 Å². The normalized spacial score (nSPS) is 10.6. The third-order valence-electron chi connectivity index (χ3n) is 3.31. The van der Waals surface area contributed by atoms with Crippen LogP contribution in [0.15, 0.2) is 53.1 Å². The van der Waals surface area contributed by atoms with E-state index in [0.29, 0.717) is 28.2 Å². The molecular formula is C18H16ClN3O2S. The Balaban J connectivity index is 1.50. The molecule has 3 aromatic rings. The maximum atomic E-state index is 12.0. The monoisotopic (exact) mass is 373 g/mol. The summed E-state index contributed by atoms with van der Waals surface area (Å²) in [4.78, 5) is 16.3. The number of carbonyl (C=O) groups excluding carboxylic acids is 1. The van der Waals surface area contributed by atoms with Crippen LogP contribution in [-0.4, -0.2) is 21.8 Å². The lowest BCUT2D eigenvalue weighted by molar-refractivity contribution is -0.113. The van der Waals surface area contributed by atoms with Crippen molar-refractivity contribution in [2.75, 3.05) is 11.1 Å². The van der Waals surface area contributed by atoms with Crippen LogP contribution in [0.4, 0.5) is 5.69 Å². The van der Waals surface area contributed by atoms with Crippen LogP contribution in [0.1, 0.15) is 11.5 Å². The second kappa shape index (κ2) is 8.18. The summed E-state index contributed by atoms with van der Waals surface area (Å²) in [5, 5.41) is 7.43. The largest absolute Gasteiger partial charge is 0.338 e. The topological polar surface area (TPSA) is 68.0 Å². The SMILES string of the molecule is Cc1cccc(NC(=O)CSCc2nc(-c3cccc(Cl)c3)no2)c1. The Morgan fingerprint density at radius 3 is 2.88 bits per heavy atom. The highest BCUT2D eigenvalue weighted by Crippen LogP contribution is 2.21. The van der Waals surface area contributed by atoms with Gasteiger partial charge < -0.3 is 9.84 Å². The van der Waals surface area contributed by atoms with E-state index in [1.54, 1.807) is 12.1 Å². The van der Waals surface area contributed by atoms with Crippen LogP contribution in [0, 0.1) is 6.92 Å². The first-order valence-corrected chi connectivity index (χ1v) is 9.16. The number of aromatic nitrogens is 2. The molecule has 0 fully saturated rings. The molecular weight excluding hydrogens is 358 g/mol. The number of benzene rings is 2. The number of carbonyl (C=O) groups is 1. The molecule has 0 saturated heterocycles. The lowest BCUT2D eigenvalue weighted by Crippen LogP contribution is -2.14. The first kappa shape index (κ1) is 17.5. The van der Waals surface area contributed by atoms with E-state index in [0.717, 1.165) is 16.8 Å². The van der Waals surface area contributed by atoms with Gasteiger partial charge in [0.05, 0.1) is 11.5 Å². The zero-order valence-electron chi connectivity index (χ0n) is 13.5. The fourth-order valence-corrected chi connectivity index (χ4v) is 3.05. The summed E-state index contributed by atoms with van der Waals surface area (Å²) in [5.74, 6) is 1.67. The van der Waals surface area contributed by atoms with Gasteiger partial charge in [-0.1, -0.05) is 41.0 Å². The molecule has 0 radical (unpaired) electrons. The van der Waals surface area contributed by atoms with E-state index in [4.69, 9.17) is 16.1 Å². The number of hydrogen-bond donors (Lipinski definition) is 1. The van der Waals surface area contributed by atoms with Crippen LogP contribution in [0.25, 0.3) is 11.4 Å². The average molecular weight is 374 g/mol. The third kappa shape index (κ3) is 5.08. The van der Waals surface area contributed by atoms with Gasteiger partial charge in [0.15, 0.2) is 0 Å². The molecule has 25 heavy (non-hydrogen) atoms. The minimum Gasteiger partial charge on any atom is -0.338 e. The van der Waals surface area contributed by atoms with Gasteiger partial charge in [0.25, 0.3) is 0 Å². The molecule has 5 nitrogen and oxygen atoms in total. The number of anilines is 1. The summed E-state index contributed by atoms with van der Waals surface area (Å²) in [6.45, 7) is 1.98. The molecule has 0 saturated carbocycles. The standard InChI is InChI=1S/C18H16ClN3O2S/c1-12-4-2-7-15(8-12)20-16(23)10-25-11-17-21-18(22-24-17)13-5-3-6-14(19)9-13/h2-9H,10-11H2,1H3,(H,20,23). The highest BCUT2D eigenvalue weighted by molar-refractivity contribution is 7.99. The molecule has 0 bridgehead atoms. The molecule has 1 heterocycles. The van der Waals surface area contributed by atoms with Crippen LogP contribution in [-0.2, 0) is 10.5 Å². The smallest absolute Gasteiger partial charge is 0.236 e. The molecule has 1 aromatic heterocycles. The molecule has 0 atom stereocenters. The van der Waals surface area contributed by atoms with Crippen LogP contribution in [0.3, 0.4) is 0 Å². The van der Waals surface area contributed by atoms with Crippen molar-refractivity contribution >= 4 is 35.0 Å². The molecule has 1 N–H and O–H groups in total. The minimum absolute atomic E-state index is 0.0646. The van der Waals surface area contributed by atoms with Crippen LogP contribution in [0.5, 0.6) is 0 Å². The molecule has 0 aliphatic heterocycles. The van der Waals surface area contributed by atoms with Crippen molar-refractivity contribution in [1.82, 2.24) is 10.1 Å². The number of thioether (sulfide) groups is 1. The number of amides is 1. The van der Waals surface area contributed by atoms with E-state index in [9.17, 15) is 4.79 Å². The van der Waals surface area contributed by atoms with Crippen LogP contribution in [0.2, 0.25) is 5.02 Å². The van der Waals surface area contributed by atoms with Gasteiger partial charge in [-0.15, -0.1) is 11.8 Å². The van der Waals surface area contributed by atoms with Crippen molar-refractivity contribution in [1.29, 1.82) is 0 Å². The first-order chi connectivity index (χ1) is 12.1. The number of nitrogens with zero attached hydrogens (tertiary/aromatic N) is 2. The third-order valence-corrected chi connectivity index (χ3v) is 4.46. The van der Waals surface area contributed by atoms with Gasteiger partial charge in [0, 0.05) is 16.3 Å². The summed E-state index contributed by atoms with van der Waals surface area (Å²) in [6, 6.07) is 14.9. The van der Waals surface area contributed by atoms with Gasteiger partial charge in [0.1, 0.15) is 0 Å². The number of halogens is 1. The minimum atomic E-state index is -0.0646. The van der Waals surface area contributed by atoms with Crippen LogP contribution >= 0.6 is 23.4 Å². The summed E-state index contributed by atoms with van der Waals surface area (Å²) >= 11 is 7.38. The number of hydrogen-bond acceptors (Lipinski definition) is 5. The number of rotatable bonds is 6. The van der Waals surface area contributed by atoms with Gasteiger partial charge in [-0.05, 0) is 36.8 Å². The van der Waals surface area contributed by atoms with Crippen molar-refractivity contribution in [3.05, 3.63) is 65.0 Å². The van der Waals surface area contributed by atoms with Crippen molar-refractivity contribution in [3.63, 3.8) is 0 Å². The average Bonchev–Trinajstić information content (AvgIpc) is 3.04. The number of nitrogens with one attached hydrogen (secondary N) is 1. The van der Waals surface area contributed by atoms with E-state index in [1.165, 1.54) is 11.8 Å². The lowest BCUT2D eigenvalue weighted by atomic mass is 10.2. The molecule has 0 spiro atoms. The molecule has 0 aliphatic carbocycles. The van der Waals surface area contributed by atoms with Crippen molar-refractivity contribution in [3.8, 4) is 11.4 Å². The summed E-state index contributed by atoms with van der Waals surface area (Å²) in [7, 11) is 0. The van der Waals surface area contributed by atoms with E-state index in [2.05, 4.69) is 15.5 Å². The van der Waals surface area contributed by atoms with E-state index in [1.807, 2.05) is 43.3 Å². The maximum absolute atomic E-state index is 12.0.